The molecule has 0 aliphatic carbocycles. The van der Waals surface area contributed by atoms with Gasteiger partial charge >= 0.3 is 17.9 Å². The molecule has 6 nitrogen and oxygen atoms in total. The van der Waals surface area contributed by atoms with Gasteiger partial charge in [-0.05, 0) is 96.3 Å². The second-order valence-electron chi connectivity index (χ2n) is 20.6. The minimum Gasteiger partial charge on any atom is -0.462 e. The lowest BCUT2D eigenvalue weighted by Gasteiger charge is -2.18. The average molecular weight is 1020 g/mol. The van der Waals surface area contributed by atoms with Gasteiger partial charge in [0.2, 0.25) is 0 Å². The van der Waals surface area contributed by atoms with Crippen molar-refractivity contribution in [2.24, 2.45) is 0 Å². The Hall–Kier alpha value is -3.41. The van der Waals surface area contributed by atoms with Crippen molar-refractivity contribution < 1.29 is 28.6 Å². The summed E-state index contributed by atoms with van der Waals surface area (Å²) in [5.74, 6) is -0.890. The molecule has 73 heavy (non-hydrogen) atoms. The van der Waals surface area contributed by atoms with Crippen LogP contribution < -0.4 is 0 Å². The molecule has 0 radical (unpaired) electrons. The number of ether oxygens (including phenoxy) is 3. The summed E-state index contributed by atoms with van der Waals surface area (Å²) < 4.78 is 16.9. The Bertz CT molecular complexity index is 1400. The van der Waals surface area contributed by atoms with Crippen LogP contribution >= 0.6 is 0 Å². The van der Waals surface area contributed by atoms with Crippen LogP contribution in [0.25, 0.3) is 0 Å². The number of allylic oxidation sites excluding steroid dienone is 14. The summed E-state index contributed by atoms with van der Waals surface area (Å²) >= 11 is 0. The van der Waals surface area contributed by atoms with Crippen molar-refractivity contribution in [3.8, 4) is 0 Å². The van der Waals surface area contributed by atoms with Gasteiger partial charge in [0.1, 0.15) is 13.2 Å². The van der Waals surface area contributed by atoms with E-state index in [4.69, 9.17) is 14.2 Å². The zero-order chi connectivity index (χ0) is 52.9. The second kappa shape index (κ2) is 61.1. The first-order chi connectivity index (χ1) is 36.0. The topological polar surface area (TPSA) is 78.9 Å². The smallest absolute Gasteiger partial charge is 0.306 e. The molecule has 0 aromatic heterocycles. The Kier molecular flexibility index (Phi) is 58.3. The Morgan fingerprint density at radius 2 is 0.534 bits per heavy atom. The van der Waals surface area contributed by atoms with Crippen LogP contribution in [0.1, 0.15) is 303 Å². The number of esters is 3. The molecule has 0 spiro atoms. The van der Waals surface area contributed by atoms with E-state index in [1.807, 2.05) is 0 Å². The molecule has 0 aromatic rings. The molecule has 1 unspecified atom stereocenters. The van der Waals surface area contributed by atoms with Gasteiger partial charge in [0, 0.05) is 19.3 Å². The van der Waals surface area contributed by atoms with E-state index >= 15 is 0 Å². The molecule has 0 saturated carbocycles. The van der Waals surface area contributed by atoms with Crippen LogP contribution in [0.2, 0.25) is 0 Å². The molecule has 0 bridgehead atoms. The summed E-state index contributed by atoms with van der Waals surface area (Å²) in [6.07, 6.45) is 80.0. The van der Waals surface area contributed by atoms with Crippen LogP contribution in [0.15, 0.2) is 85.1 Å². The van der Waals surface area contributed by atoms with Crippen molar-refractivity contribution in [2.75, 3.05) is 13.2 Å². The van der Waals surface area contributed by atoms with Crippen LogP contribution in [0.4, 0.5) is 0 Å². The lowest BCUT2D eigenvalue weighted by molar-refractivity contribution is -0.167. The maximum absolute atomic E-state index is 12.9. The third kappa shape index (κ3) is 59.3. The first-order valence-corrected chi connectivity index (χ1v) is 31.1. The predicted octanol–water partition coefficient (Wildman–Crippen LogP) is 21.1. The summed E-state index contributed by atoms with van der Waals surface area (Å²) in [6.45, 7) is 6.51. The monoisotopic (exact) mass is 1020 g/mol. The molecule has 6 heteroatoms. The lowest BCUT2D eigenvalue weighted by atomic mass is 10.0. The van der Waals surface area contributed by atoms with E-state index in [9.17, 15) is 14.4 Å². The Balaban J connectivity index is 4.34. The van der Waals surface area contributed by atoms with Crippen LogP contribution in [-0.2, 0) is 28.6 Å². The van der Waals surface area contributed by atoms with E-state index in [1.165, 1.54) is 141 Å². The maximum Gasteiger partial charge on any atom is 0.306 e. The highest BCUT2D eigenvalue weighted by atomic mass is 16.6. The molecule has 0 aromatic carbocycles. The van der Waals surface area contributed by atoms with E-state index in [1.54, 1.807) is 0 Å². The molecular formula is C67H116O6. The summed E-state index contributed by atoms with van der Waals surface area (Å²) in [7, 11) is 0. The van der Waals surface area contributed by atoms with Crippen LogP contribution in [-0.4, -0.2) is 37.2 Å². The zero-order valence-corrected chi connectivity index (χ0v) is 48.1. The quantitative estimate of drug-likeness (QED) is 0.0261. The third-order valence-corrected chi connectivity index (χ3v) is 13.4. The number of unbranched alkanes of at least 4 members (excludes halogenated alkanes) is 31. The number of carbonyl (C=O) groups is 3. The number of rotatable bonds is 56. The number of carbonyl (C=O) groups excluding carboxylic acids is 3. The Labute approximate surface area is 452 Å². The largest absolute Gasteiger partial charge is 0.462 e. The molecule has 0 amide bonds. The van der Waals surface area contributed by atoms with Crippen molar-refractivity contribution in [1.82, 2.24) is 0 Å². The zero-order valence-electron chi connectivity index (χ0n) is 48.1. The number of hydrogen-bond acceptors (Lipinski definition) is 6. The van der Waals surface area contributed by atoms with Crippen LogP contribution in [0.3, 0.4) is 0 Å². The fraction of sp³-hybridized carbons (Fsp3) is 0.746. The fourth-order valence-corrected chi connectivity index (χ4v) is 8.74. The Morgan fingerprint density at radius 3 is 0.863 bits per heavy atom. The first kappa shape index (κ1) is 69.6. The van der Waals surface area contributed by atoms with Gasteiger partial charge in [-0.1, -0.05) is 273 Å². The first-order valence-electron chi connectivity index (χ1n) is 31.1. The minimum atomic E-state index is -0.786. The molecular weight excluding hydrogens is 901 g/mol. The van der Waals surface area contributed by atoms with Crippen molar-refractivity contribution in [1.29, 1.82) is 0 Å². The maximum atomic E-state index is 12.9. The highest BCUT2D eigenvalue weighted by Gasteiger charge is 2.19. The highest BCUT2D eigenvalue weighted by Crippen LogP contribution is 2.16. The van der Waals surface area contributed by atoms with Gasteiger partial charge in [0.05, 0.1) is 0 Å². The predicted molar refractivity (Wildman–Crippen MR) is 316 cm³/mol. The average Bonchev–Trinajstić information content (AvgIpc) is 3.39. The van der Waals surface area contributed by atoms with Gasteiger partial charge < -0.3 is 14.2 Å². The standard InChI is InChI=1S/C67H116O6/c1-4-7-10-13-16-19-22-25-28-29-30-31-32-33-34-35-36-37-40-42-45-48-51-54-57-60-66(69)72-63-64(73-67(70)61-58-55-52-49-46-43-39-27-24-21-18-15-12-9-6-3)62-71-65(68)59-56-53-50-47-44-41-38-26-23-20-17-14-11-8-5-2/h7,10,16,18-19,21,25,27-28,30-31,33-34,39,64H,4-6,8-9,11-15,17,20,22-24,26,29,32,35-38,40-63H2,1-3H3/b10-7-,19-16-,21-18-,28-25-,31-30-,34-33-,39-27-. The lowest BCUT2D eigenvalue weighted by Crippen LogP contribution is -2.30. The highest BCUT2D eigenvalue weighted by molar-refractivity contribution is 5.71. The molecule has 0 heterocycles. The van der Waals surface area contributed by atoms with Crippen LogP contribution in [0, 0.1) is 0 Å². The van der Waals surface area contributed by atoms with Gasteiger partial charge in [-0.25, -0.2) is 0 Å². The van der Waals surface area contributed by atoms with Crippen molar-refractivity contribution in [3.63, 3.8) is 0 Å². The van der Waals surface area contributed by atoms with Crippen LogP contribution in [0.5, 0.6) is 0 Å². The minimum absolute atomic E-state index is 0.0812. The van der Waals surface area contributed by atoms with Gasteiger partial charge in [-0.3, -0.25) is 14.4 Å². The fourth-order valence-electron chi connectivity index (χ4n) is 8.74. The molecule has 0 aliphatic heterocycles. The SMILES string of the molecule is CC/C=C\C/C=C\C/C=C\C/C=C\C/C=C\CCCCCCCCCCCC(=O)OCC(COC(=O)CCCCCCCCCCCCCCCCC)OC(=O)CCCCCCC/C=C\C/C=C\CCCCC. The Morgan fingerprint density at radius 1 is 0.288 bits per heavy atom. The molecule has 0 aliphatic rings. The summed E-state index contributed by atoms with van der Waals surface area (Å²) in [5, 5.41) is 0. The van der Waals surface area contributed by atoms with E-state index in [0.717, 1.165) is 122 Å². The summed E-state index contributed by atoms with van der Waals surface area (Å²) in [6, 6.07) is 0. The van der Waals surface area contributed by atoms with E-state index < -0.39 is 6.10 Å². The molecule has 0 rings (SSSR count). The normalized spacial score (nSPS) is 12.6. The van der Waals surface area contributed by atoms with E-state index in [-0.39, 0.29) is 31.1 Å². The number of hydrogen-bond donors (Lipinski definition) is 0. The molecule has 1 atom stereocenters. The molecule has 0 fully saturated rings. The molecule has 420 valence electrons. The molecule has 0 N–H and O–H groups in total. The van der Waals surface area contributed by atoms with Gasteiger partial charge in [0.15, 0.2) is 6.10 Å². The summed E-state index contributed by atoms with van der Waals surface area (Å²) in [5.41, 5.74) is 0. The van der Waals surface area contributed by atoms with Crippen molar-refractivity contribution in [3.05, 3.63) is 85.1 Å². The van der Waals surface area contributed by atoms with Gasteiger partial charge in [-0.15, -0.1) is 0 Å². The van der Waals surface area contributed by atoms with E-state index in [0.29, 0.717) is 19.3 Å². The third-order valence-electron chi connectivity index (χ3n) is 13.4. The van der Waals surface area contributed by atoms with E-state index in [2.05, 4.69) is 106 Å². The second-order valence-corrected chi connectivity index (χ2v) is 20.6. The van der Waals surface area contributed by atoms with Crippen molar-refractivity contribution >= 4 is 17.9 Å². The van der Waals surface area contributed by atoms with Gasteiger partial charge in [-0.2, -0.15) is 0 Å². The van der Waals surface area contributed by atoms with Crippen molar-refractivity contribution in [2.45, 2.75) is 309 Å². The van der Waals surface area contributed by atoms with Gasteiger partial charge in [0.25, 0.3) is 0 Å². The summed E-state index contributed by atoms with van der Waals surface area (Å²) in [4.78, 5) is 38.3. The molecule has 0 saturated heterocycles.